The largest absolute Gasteiger partial charge is 0.486 e. The van der Waals surface area contributed by atoms with Crippen molar-refractivity contribution in [2.75, 3.05) is 19.8 Å². The summed E-state index contributed by atoms with van der Waals surface area (Å²) >= 11 is 0. The van der Waals surface area contributed by atoms with Gasteiger partial charge in [0.1, 0.15) is 19.8 Å². The summed E-state index contributed by atoms with van der Waals surface area (Å²) in [6, 6.07) is 9.84. The summed E-state index contributed by atoms with van der Waals surface area (Å²) in [6.45, 7) is 1.24. The van der Waals surface area contributed by atoms with E-state index < -0.39 is 10.7 Å². The Morgan fingerprint density at radius 3 is 2.61 bits per heavy atom. The molecule has 3 aromatic rings. The first kappa shape index (κ1) is 21.0. The third-order valence-electron chi connectivity index (χ3n) is 6.50. The maximum Gasteiger partial charge on any atom is 0.420 e. The van der Waals surface area contributed by atoms with Crippen LogP contribution in [0.3, 0.4) is 0 Å². The molecule has 1 aliphatic heterocycles. The van der Waals surface area contributed by atoms with Gasteiger partial charge in [0.2, 0.25) is 5.91 Å². The normalized spacial score (nSPS) is 16.6. The second-order valence-electron chi connectivity index (χ2n) is 8.49. The summed E-state index contributed by atoms with van der Waals surface area (Å²) < 4.78 is 17.7. The van der Waals surface area contributed by atoms with Crippen molar-refractivity contribution in [3.63, 3.8) is 0 Å². The maximum absolute atomic E-state index is 12.8. The third-order valence-corrected chi connectivity index (χ3v) is 6.50. The lowest BCUT2D eigenvalue weighted by Crippen LogP contribution is -2.41. The van der Waals surface area contributed by atoms with Crippen molar-refractivity contribution in [1.82, 2.24) is 9.88 Å². The number of hydrogen-bond acceptors (Lipinski definition) is 7. The van der Waals surface area contributed by atoms with Crippen molar-refractivity contribution in [2.24, 2.45) is 0 Å². The molecule has 0 bridgehead atoms. The standard InChI is InChI=1S/C23H23N3O7/c27-21(13-25-17-5-4-16(26(29)30)12-19(17)33-22(25)28)24-14-23(7-1-2-8-23)15-3-6-18-20(11-15)32-10-9-31-18/h3-6,11-12H,1-2,7-10,13-14H2,(H,24,27). The molecule has 1 aliphatic carbocycles. The number of amides is 1. The SMILES string of the molecule is O=C(Cn1c(=O)oc2cc([N+](=O)[O-])ccc21)NCC1(c2ccc3c(c2)OCCO3)CCCC1. The van der Waals surface area contributed by atoms with Crippen molar-refractivity contribution >= 4 is 22.7 Å². The Morgan fingerprint density at radius 2 is 1.85 bits per heavy atom. The Bertz CT molecular complexity index is 1290. The molecule has 2 aliphatic rings. The molecule has 0 unspecified atom stereocenters. The van der Waals surface area contributed by atoms with Gasteiger partial charge in [-0.15, -0.1) is 0 Å². The van der Waals surface area contributed by atoms with Crippen LogP contribution in [0.15, 0.2) is 45.6 Å². The zero-order valence-electron chi connectivity index (χ0n) is 17.9. The number of ether oxygens (including phenoxy) is 2. The van der Waals surface area contributed by atoms with E-state index in [0.717, 1.165) is 42.7 Å². The van der Waals surface area contributed by atoms with Gasteiger partial charge in [0, 0.05) is 18.0 Å². The van der Waals surface area contributed by atoms with Crippen LogP contribution in [0.1, 0.15) is 31.2 Å². The van der Waals surface area contributed by atoms with Crippen LogP contribution in [-0.4, -0.2) is 35.2 Å². The summed E-state index contributed by atoms with van der Waals surface area (Å²) in [4.78, 5) is 35.4. The van der Waals surface area contributed by atoms with E-state index in [1.807, 2.05) is 18.2 Å². The zero-order valence-corrected chi connectivity index (χ0v) is 17.9. The van der Waals surface area contributed by atoms with Crippen molar-refractivity contribution < 1.29 is 23.6 Å². The molecule has 10 heteroatoms. The maximum atomic E-state index is 12.8. The predicted molar refractivity (Wildman–Crippen MR) is 118 cm³/mol. The van der Waals surface area contributed by atoms with Gasteiger partial charge in [0.25, 0.3) is 5.69 Å². The summed E-state index contributed by atoms with van der Waals surface area (Å²) in [5.41, 5.74) is 1.11. The number of aromatic nitrogens is 1. The van der Waals surface area contributed by atoms with Crippen LogP contribution in [0.5, 0.6) is 11.5 Å². The fourth-order valence-corrected chi connectivity index (χ4v) is 4.78. The van der Waals surface area contributed by atoms with Crippen molar-refractivity contribution in [2.45, 2.75) is 37.6 Å². The number of nitro benzene ring substituents is 1. The van der Waals surface area contributed by atoms with Gasteiger partial charge in [0.05, 0.1) is 16.5 Å². The molecule has 1 aromatic heterocycles. The molecule has 1 amide bonds. The smallest absolute Gasteiger partial charge is 0.420 e. The van der Waals surface area contributed by atoms with Crippen LogP contribution in [0.25, 0.3) is 11.1 Å². The number of rotatable bonds is 6. The number of oxazole rings is 1. The van der Waals surface area contributed by atoms with E-state index in [2.05, 4.69) is 5.32 Å². The Labute approximate surface area is 188 Å². The average molecular weight is 453 g/mol. The van der Waals surface area contributed by atoms with Gasteiger partial charge in [-0.05, 0) is 36.6 Å². The van der Waals surface area contributed by atoms with Gasteiger partial charge in [-0.2, -0.15) is 0 Å². The van der Waals surface area contributed by atoms with Gasteiger partial charge in [-0.3, -0.25) is 19.5 Å². The van der Waals surface area contributed by atoms with E-state index in [4.69, 9.17) is 13.9 Å². The lowest BCUT2D eigenvalue weighted by atomic mass is 9.78. The number of nitro groups is 1. The lowest BCUT2D eigenvalue weighted by Gasteiger charge is -2.31. The molecule has 0 radical (unpaired) electrons. The fraction of sp³-hybridized carbons (Fsp3) is 0.391. The van der Waals surface area contributed by atoms with E-state index in [9.17, 15) is 19.7 Å². The minimum atomic E-state index is -0.733. The number of nitrogens with one attached hydrogen (secondary N) is 1. The first-order chi connectivity index (χ1) is 15.9. The van der Waals surface area contributed by atoms with Crippen LogP contribution in [0.2, 0.25) is 0 Å². The van der Waals surface area contributed by atoms with Crippen molar-refractivity contribution in [3.05, 3.63) is 62.6 Å². The van der Waals surface area contributed by atoms with Gasteiger partial charge in [-0.25, -0.2) is 4.79 Å². The Kier molecular flexibility index (Phi) is 5.27. The molecule has 172 valence electrons. The van der Waals surface area contributed by atoms with Crippen LogP contribution >= 0.6 is 0 Å². The second-order valence-corrected chi connectivity index (χ2v) is 8.49. The number of hydrogen-bond donors (Lipinski definition) is 1. The quantitative estimate of drug-likeness (QED) is 0.449. The molecule has 10 nitrogen and oxygen atoms in total. The first-order valence-corrected chi connectivity index (χ1v) is 10.9. The van der Waals surface area contributed by atoms with E-state index in [0.29, 0.717) is 25.3 Å². The highest BCUT2D eigenvalue weighted by Gasteiger charge is 2.37. The van der Waals surface area contributed by atoms with E-state index in [1.165, 1.54) is 22.8 Å². The van der Waals surface area contributed by atoms with E-state index in [-0.39, 0.29) is 29.1 Å². The summed E-state index contributed by atoms with van der Waals surface area (Å²) in [5.74, 6) is 0.389. The van der Waals surface area contributed by atoms with Gasteiger partial charge in [0.15, 0.2) is 17.1 Å². The Balaban J connectivity index is 1.33. The van der Waals surface area contributed by atoms with Crippen molar-refractivity contribution in [1.29, 1.82) is 0 Å². The van der Waals surface area contributed by atoms with Gasteiger partial charge >= 0.3 is 5.76 Å². The first-order valence-electron chi connectivity index (χ1n) is 10.9. The van der Waals surface area contributed by atoms with Crippen LogP contribution in [0, 0.1) is 10.1 Å². The van der Waals surface area contributed by atoms with Crippen LogP contribution in [-0.2, 0) is 16.8 Å². The minimum Gasteiger partial charge on any atom is -0.486 e. The predicted octanol–water partition coefficient (Wildman–Crippen LogP) is 2.90. The molecule has 1 N–H and O–H groups in total. The third kappa shape index (κ3) is 3.92. The number of carbonyl (C=O) groups excluding carboxylic acids is 1. The summed E-state index contributed by atoms with van der Waals surface area (Å²) in [7, 11) is 0. The second kappa shape index (κ2) is 8.27. The highest BCUT2D eigenvalue weighted by molar-refractivity contribution is 5.80. The highest BCUT2D eigenvalue weighted by Crippen LogP contribution is 2.43. The molecule has 0 spiro atoms. The number of non-ortho nitro benzene ring substituents is 1. The molecule has 2 heterocycles. The van der Waals surface area contributed by atoms with E-state index >= 15 is 0 Å². The summed E-state index contributed by atoms with van der Waals surface area (Å²) in [6.07, 6.45) is 4.00. The minimum absolute atomic E-state index is 0.0746. The van der Waals surface area contributed by atoms with Gasteiger partial charge < -0.3 is 19.2 Å². The van der Waals surface area contributed by atoms with Crippen LogP contribution < -0.4 is 20.5 Å². The molecule has 5 rings (SSSR count). The Morgan fingerprint density at radius 1 is 1.09 bits per heavy atom. The highest BCUT2D eigenvalue weighted by atomic mass is 16.6. The molecule has 1 fully saturated rings. The molecule has 2 aromatic carbocycles. The lowest BCUT2D eigenvalue weighted by molar-refractivity contribution is -0.384. The molecule has 0 atom stereocenters. The average Bonchev–Trinajstić information content (AvgIpc) is 3.42. The monoisotopic (exact) mass is 453 g/mol. The molecule has 1 saturated carbocycles. The zero-order chi connectivity index (χ0) is 23.0. The Hall–Kier alpha value is -3.82. The topological polar surface area (TPSA) is 126 Å². The molecule has 0 saturated heterocycles. The molecule has 33 heavy (non-hydrogen) atoms. The number of fused-ring (bicyclic) bond motifs is 2. The number of nitrogens with zero attached hydrogens (tertiary/aromatic N) is 2. The fourth-order valence-electron chi connectivity index (χ4n) is 4.78. The van der Waals surface area contributed by atoms with Crippen LogP contribution in [0.4, 0.5) is 5.69 Å². The molecular formula is C23H23N3O7. The van der Waals surface area contributed by atoms with E-state index in [1.54, 1.807) is 0 Å². The molecular weight excluding hydrogens is 430 g/mol. The number of carbonyl (C=O) groups is 1. The number of benzene rings is 2. The van der Waals surface area contributed by atoms with Gasteiger partial charge in [-0.1, -0.05) is 18.9 Å². The summed E-state index contributed by atoms with van der Waals surface area (Å²) in [5, 5.41) is 13.9. The van der Waals surface area contributed by atoms with Crippen molar-refractivity contribution in [3.8, 4) is 11.5 Å².